The average Bonchev–Trinajstić information content (AvgIpc) is 3.20. The van der Waals surface area contributed by atoms with E-state index in [2.05, 4.69) is 29.1 Å². The SMILES string of the molecule is CC[C@@H](C)c1nc(-c2ccc(C(=O)Nc3ccc(C)cn3)c(OC)c2)c2c(N)nccn12. The van der Waals surface area contributed by atoms with Gasteiger partial charge in [0, 0.05) is 30.1 Å². The fourth-order valence-corrected chi connectivity index (χ4v) is 3.57. The van der Waals surface area contributed by atoms with Crippen molar-refractivity contribution in [3.05, 3.63) is 65.9 Å². The van der Waals surface area contributed by atoms with Crippen LogP contribution in [0.2, 0.25) is 0 Å². The summed E-state index contributed by atoms with van der Waals surface area (Å²) in [6, 6.07) is 9.01. The molecule has 0 unspecified atom stereocenters. The summed E-state index contributed by atoms with van der Waals surface area (Å²) in [5.74, 6) is 2.16. The number of nitrogens with one attached hydrogen (secondary N) is 1. The number of aromatic nitrogens is 4. The van der Waals surface area contributed by atoms with Crippen LogP contribution in [0.3, 0.4) is 0 Å². The van der Waals surface area contributed by atoms with Gasteiger partial charge in [0.2, 0.25) is 0 Å². The summed E-state index contributed by atoms with van der Waals surface area (Å²) in [5, 5.41) is 2.80. The molecule has 0 aliphatic rings. The number of nitrogen functional groups attached to an aromatic ring is 1. The minimum absolute atomic E-state index is 0.243. The topological polar surface area (TPSA) is 107 Å². The lowest BCUT2D eigenvalue weighted by atomic mass is 10.1. The Kier molecular flexibility index (Phi) is 5.77. The van der Waals surface area contributed by atoms with Crippen molar-refractivity contribution in [3.63, 3.8) is 0 Å². The van der Waals surface area contributed by atoms with Crippen molar-refractivity contribution < 1.29 is 9.53 Å². The van der Waals surface area contributed by atoms with E-state index in [1.165, 1.54) is 7.11 Å². The minimum Gasteiger partial charge on any atom is -0.496 e. The van der Waals surface area contributed by atoms with Crippen molar-refractivity contribution >= 4 is 23.1 Å². The maximum atomic E-state index is 12.8. The van der Waals surface area contributed by atoms with Crippen LogP contribution < -0.4 is 15.8 Å². The van der Waals surface area contributed by atoms with Crippen molar-refractivity contribution in [2.75, 3.05) is 18.2 Å². The van der Waals surface area contributed by atoms with Gasteiger partial charge in [0.1, 0.15) is 34.4 Å². The number of hydrogen-bond donors (Lipinski definition) is 2. The first kappa shape index (κ1) is 21.3. The number of methoxy groups -OCH3 is 1. The zero-order valence-electron chi connectivity index (χ0n) is 18.6. The molecule has 1 amide bonds. The van der Waals surface area contributed by atoms with Gasteiger partial charge < -0.3 is 15.8 Å². The molecule has 1 atom stereocenters. The Morgan fingerprint density at radius 3 is 2.75 bits per heavy atom. The molecule has 3 N–H and O–H groups in total. The number of aryl methyl sites for hydroxylation is 1. The highest BCUT2D eigenvalue weighted by Crippen LogP contribution is 2.34. The van der Waals surface area contributed by atoms with Gasteiger partial charge in [-0.25, -0.2) is 15.0 Å². The Bertz CT molecular complexity index is 1280. The maximum absolute atomic E-state index is 12.8. The van der Waals surface area contributed by atoms with E-state index in [0.29, 0.717) is 28.6 Å². The van der Waals surface area contributed by atoms with E-state index in [0.717, 1.165) is 28.9 Å². The predicted octanol–water partition coefficient (Wildman–Crippen LogP) is 4.46. The first-order chi connectivity index (χ1) is 15.4. The lowest BCUT2D eigenvalue weighted by Gasteiger charge is -2.11. The van der Waals surface area contributed by atoms with Crippen molar-refractivity contribution in [2.45, 2.75) is 33.1 Å². The molecular formula is C24H26N6O2. The quantitative estimate of drug-likeness (QED) is 0.468. The number of nitrogens with zero attached hydrogens (tertiary/aromatic N) is 4. The highest BCUT2D eigenvalue weighted by atomic mass is 16.5. The van der Waals surface area contributed by atoms with Gasteiger partial charge in [-0.2, -0.15) is 0 Å². The summed E-state index contributed by atoms with van der Waals surface area (Å²) < 4.78 is 7.53. The van der Waals surface area contributed by atoms with Gasteiger partial charge in [0.25, 0.3) is 5.91 Å². The van der Waals surface area contributed by atoms with Crippen LogP contribution in [0.15, 0.2) is 48.9 Å². The van der Waals surface area contributed by atoms with Gasteiger partial charge in [-0.15, -0.1) is 0 Å². The number of ether oxygens (including phenoxy) is 1. The van der Waals surface area contributed by atoms with Crippen LogP contribution in [0.25, 0.3) is 16.8 Å². The highest BCUT2D eigenvalue weighted by Gasteiger charge is 2.21. The first-order valence-corrected chi connectivity index (χ1v) is 10.5. The fraction of sp³-hybridized carbons (Fsp3) is 0.250. The van der Waals surface area contributed by atoms with Gasteiger partial charge in [-0.05, 0) is 37.1 Å². The van der Waals surface area contributed by atoms with Crippen LogP contribution >= 0.6 is 0 Å². The number of benzene rings is 1. The number of carbonyl (C=O) groups excluding carboxylic acids is 1. The van der Waals surface area contributed by atoms with E-state index in [4.69, 9.17) is 15.5 Å². The van der Waals surface area contributed by atoms with Gasteiger partial charge >= 0.3 is 0 Å². The molecule has 0 radical (unpaired) electrons. The van der Waals surface area contributed by atoms with Crippen molar-refractivity contribution in [2.24, 2.45) is 0 Å². The van der Waals surface area contributed by atoms with E-state index in [-0.39, 0.29) is 11.8 Å². The normalized spacial score (nSPS) is 12.0. The lowest BCUT2D eigenvalue weighted by Crippen LogP contribution is -2.14. The molecule has 4 aromatic rings. The molecule has 0 bridgehead atoms. The Morgan fingerprint density at radius 2 is 2.06 bits per heavy atom. The third-order valence-corrected chi connectivity index (χ3v) is 5.54. The van der Waals surface area contributed by atoms with Crippen molar-refractivity contribution in [1.29, 1.82) is 0 Å². The number of fused-ring (bicyclic) bond motifs is 1. The number of anilines is 2. The Morgan fingerprint density at radius 1 is 1.25 bits per heavy atom. The molecule has 164 valence electrons. The molecule has 0 saturated heterocycles. The van der Waals surface area contributed by atoms with E-state index in [1.54, 1.807) is 30.6 Å². The molecule has 8 nitrogen and oxygen atoms in total. The number of nitrogens with two attached hydrogens (primary N) is 1. The largest absolute Gasteiger partial charge is 0.496 e. The van der Waals surface area contributed by atoms with E-state index >= 15 is 0 Å². The highest BCUT2D eigenvalue weighted by molar-refractivity contribution is 6.06. The van der Waals surface area contributed by atoms with Gasteiger partial charge in [0.15, 0.2) is 0 Å². The minimum atomic E-state index is -0.305. The second-order valence-corrected chi connectivity index (χ2v) is 7.75. The van der Waals surface area contributed by atoms with Gasteiger partial charge in [0.05, 0.1) is 12.7 Å². The van der Waals surface area contributed by atoms with Gasteiger partial charge in [-0.3, -0.25) is 9.20 Å². The fourth-order valence-electron chi connectivity index (χ4n) is 3.57. The Hall–Kier alpha value is -3.94. The lowest BCUT2D eigenvalue weighted by molar-refractivity contribution is 0.102. The molecule has 0 saturated carbocycles. The Labute approximate surface area is 186 Å². The number of hydrogen-bond acceptors (Lipinski definition) is 6. The maximum Gasteiger partial charge on any atom is 0.260 e. The van der Waals surface area contributed by atoms with Crippen LogP contribution in [0, 0.1) is 6.92 Å². The van der Waals surface area contributed by atoms with Gasteiger partial charge in [-0.1, -0.05) is 26.0 Å². The second kappa shape index (κ2) is 8.66. The third-order valence-electron chi connectivity index (χ3n) is 5.54. The first-order valence-electron chi connectivity index (χ1n) is 10.5. The van der Waals surface area contributed by atoms with Crippen molar-refractivity contribution in [1.82, 2.24) is 19.4 Å². The molecule has 32 heavy (non-hydrogen) atoms. The van der Waals surface area contributed by atoms with Crippen molar-refractivity contribution in [3.8, 4) is 17.0 Å². The molecule has 4 rings (SSSR count). The van der Waals surface area contributed by atoms with E-state index in [1.807, 2.05) is 29.7 Å². The van der Waals surface area contributed by atoms with Crippen LogP contribution in [0.4, 0.5) is 11.6 Å². The monoisotopic (exact) mass is 430 g/mol. The average molecular weight is 431 g/mol. The summed E-state index contributed by atoms with van der Waals surface area (Å²) in [6.07, 6.45) is 6.19. The molecule has 0 fully saturated rings. The zero-order valence-corrected chi connectivity index (χ0v) is 18.6. The number of amides is 1. The second-order valence-electron chi connectivity index (χ2n) is 7.75. The van der Waals surface area contributed by atoms with Crippen LogP contribution in [-0.4, -0.2) is 32.4 Å². The zero-order chi connectivity index (χ0) is 22.8. The summed E-state index contributed by atoms with van der Waals surface area (Å²) in [6.45, 7) is 6.19. The standard InChI is InChI=1S/C24H26N6O2/c1-5-15(3)23-29-20(21-22(25)26-10-11-30(21)23)16-7-8-17(18(12-16)32-4)24(31)28-19-9-6-14(2)13-27-19/h6-13,15H,5H2,1-4H3,(H2,25,26)(H,27,28,31)/t15-/m1/s1. The molecule has 0 aliphatic carbocycles. The van der Waals surface area contributed by atoms with Crippen LogP contribution in [0.5, 0.6) is 5.75 Å². The molecule has 3 aromatic heterocycles. The molecule has 8 heteroatoms. The number of pyridine rings is 1. The summed E-state index contributed by atoms with van der Waals surface area (Å²) in [7, 11) is 1.53. The Balaban J connectivity index is 1.75. The number of rotatable bonds is 6. The molecular weight excluding hydrogens is 404 g/mol. The summed E-state index contributed by atoms with van der Waals surface area (Å²) in [5.41, 5.74) is 9.87. The predicted molar refractivity (Wildman–Crippen MR) is 125 cm³/mol. The molecule has 0 spiro atoms. The number of carbonyl (C=O) groups is 1. The smallest absolute Gasteiger partial charge is 0.260 e. The summed E-state index contributed by atoms with van der Waals surface area (Å²) >= 11 is 0. The number of imidazole rings is 1. The van der Waals surface area contributed by atoms with Crippen LogP contribution in [-0.2, 0) is 0 Å². The van der Waals surface area contributed by atoms with E-state index in [9.17, 15) is 4.79 Å². The van der Waals surface area contributed by atoms with E-state index < -0.39 is 0 Å². The molecule has 1 aromatic carbocycles. The molecule has 3 heterocycles. The summed E-state index contributed by atoms with van der Waals surface area (Å²) in [4.78, 5) is 26.2. The van der Waals surface area contributed by atoms with Crippen LogP contribution in [0.1, 0.15) is 47.9 Å². The molecule has 0 aliphatic heterocycles. The third kappa shape index (κ3) is 3.87.